The molecule has 1 aromatic rings. The molecule has 4 heteroatoms. The van der Waals surface area contributed by atoms with Crippen LogP contribution in [-0.4, -0.2) is 36.8 Å². The molecule has 19 heavy (non-hydrogen) atoms. The zero-order valence-electron chi connectivity index (χ0n) is 12.4. The summed E-state index contributed by atoms with van der Waals surface area (Å²) in [6.07, 6.45) is 5.24. The molecule has 0 fully saturated rings. The summed E-state index contributed by atoms with van der Waals surface area (Å²) in [6, 6.07) is 4.50. The summed E-state index contributed by atoms with van der Waals surface area (Å²) in [5, 5.41) is 12.4. The van der Waals surface area contributed by atoms with Crippen molar-refractivity contribution in [3.8, 4) is 0 Å². The van der Waals surface area contributed by atoms with Gasteiger partial charge >= 0.3 is 0 Å². The number of unbranched alkanes of at least 4 members (excludes halogenated alkanes) is 1. The fraction of sp³-hybridized carbons (Fsp3) is 0.667. The van der Waals surface area contributed by atoms with Crippen LogP contribution in [0, 0.1) is 0 Å². The Hall–Kier alpha value is -1.13. The maximum Gasteiger partial charge on any atom is 0.0606 e. The van der Waals surface area contributed by atoms with Gasteiger partial charge in [-0.2, -0.15) is 0 Å². The number of aromatic nitrogens is 1. The van der Waals surface area contributed by atoms with Gasteiger partial charge in [-0.3, -0.25) is 4.98 Å². The first kappa shape index (κ1) is 15.9. The standard InChI is InChI=1S/C15H27N3O/c1-4-6-9-18(10-11-19)13-7-8-15(17-12-13)14(5-2)16-3/h7-8,12,14,16,19H,4-6,9-11H2,1-3H3. The predicted molar refractivity (Wildman–Crippen MR) is 80.5 cm³/mol. The normalized spacial score (nSPS) is 12.4. The summed E-state index contributed by atoms with van der Waals surface area (Å²) in [5.41, 5.74) is 2.17. The highest BCUT2D eigenvalue weighted by molar-refractivity contribution is 5.44. The van der Waals surface area contributed by atoms with Crippen LogP contribution in [0.1, 0.15) is 44.8 Å². The molecule has 0 aliphatic heterocycles. The largest absolute Gasteiger partial charge is 0.395 e. The molecule has 0 aliphatic rings. The predicted octanol–water partition coefficient (Wildman–Crippen LogP) is 2.35. The second kappa shape index (κ2) is 8.88. The van der Waals surface area contributed by atoms with Crippen molar-refractivity contribution in [1.82, 2.24) is 10.3 Å². The number of aliphatic hydroxyl groups excluding tert-OH is 1. The summed E-state index contributed by atoms with van der Waals surface area (Å²) in [6.45, 7) is 6.15. The molecule has 0 spiro atoms. The van der Waals surface area contributed by atoms with Gasteiger partial charge in [0.1, 0.15) is 0 Å². The third-order valence-electron chi connectivity index (χ3n) is 3.40. The Morgan fingerprint density at radius 2 is 2.11 bits per heavy atom. The summed E-state index contributed by atoms with van der Waals surface area (Å²) in [4.78, 5) is 6.74. The zero-order valence-corrected chi connectivity index (χ0v) is 12.4. The SMILES string of the molecule is CCCCN(CCO)c1ccc(C(CC)NC)nc1. The van der Waals surface area contributed by atoms with Crippen molar-refractivity contribution in [3.63, 3.8) is 0 Å². The summed E-state index contributed by atoms with van der Waals surface area (Å²) < 4.78 is 0. The number of nitrogens with one attached hydrogen (secondary N) is 1. The third-order valence-corrected chi connectivity index (χ3v) is 3.40. The lowest BCUT2D eigenvalue weighted by Crippen LogP contribution is -2.28. The van der Waals surface area contributed by atoms with E-state index in [-0.39, 0.29) is 6.61 Å². The van der Waals surface area contributed by atoms with Crippen molar-refractivity contribution in [2.75, 3.05) is 31.6 Å². The number of aliphatic hydroxyl groups is 1. The second-order valence-electron chi connectivity index (χ2n) is 4.75. The molecule has 4 nitrogen and oxygen atoms in total. The van der Waals surface area contributed by atoms with Gasteiger partial charge in [-0.25, -0.2) is 0 Å². The summed E-state index contributed by atoms with van der Waals surface area (Å²) in [5.74, 6) is 0. The zero-order chi connectivity index (χ0) is 14.1. The minimum absolute atomic E-state index is 0.180. The van der Waals surface area contributed by atoms with Gasteiger partial charge in [-0.1, -0.05) is 20.3 Å². The highest BCUT2D eigenvalue weighted by Gasteiger charge is 2.10. The molecule has 0 saturated carbocycles. The van der Waals surface area contributed by atoms with E-state index in [0.29, 0.717) is 12.6 Å². The Kier molecular flexibility index (Phi) is 7.45. The molecule has 1 unspecified atom stereocenters. The Bertz CT molecular complexity index is 336. The van der Waals surface area contributed by atoms with Crippen LogP contribution in [0.4, 0.5) is 5.69 Å². The minimum atomic E-state index is 0.180. The first-order valence-electron chi connectivity index (χ1n) is 7.25. The van der Waals surface area contributed by atoms with Gasteiger partial charge in [-0.05, 0) is 32.0 Å². The summed E-state index contributed by atoms with van der Waals surface area (Å²) in [7, 11) is 1.96. The quantitative estimate of drug-likeness (QED) is 0.719. The molecule has 2 N–H and O–H groups in total. The molecule has 1 atom stereocenters. The van der Waals surface area contributed by atoms with E-state index in [1.54, 1.807) is 0 Å². The first-order chi connectivity index (χ1) is 9.26. The van der Waals surface area contributed by atoms with Crippen molar-refractivity contribution in [3.05, 3.63) is 24.0 Å². The highest BCUT2D eigenvalue weighted by atomic mass is 16.3. The molecular weight excluding hydrogens is 238 g/mol. The van der Waals surface area contributed by atoms with E-state index in [2.05, 4.69) is 41.2 Å². The smallest absolute Gasteiger partial charge is 0.0606 e. The topological polar surface area (TPSA) is 48.4 Å². The number of rotatable bonds is 9. The van der Waals surface area contributed by atoms with E-state index in [1.165, 1.54) is 0 Å². The molecule has 1 rings (SSSR count). The first-order valence-corrected chi connectivity index (χ1v) is 7.25. The van der Waals surface area contributed by atoms with Gasteiger partial charge in [0.2, 0.25) is 0 Å². The van der Waals surface area contributed by atoms with E-state index in [0.717, 1.165) is 37.2 Å². The Morgan fingerprint density at radius 3 is 2.58 bits per heavy atom. The molecule has 1 aromatic heterocycles. The third kappa shape index (κ3) is 4.80. The minimum Gasteiger partial charge on any atom is -0.395 e. The molecular formula is C15H27N3O. The van der Waals surface area contributed by atoms with Crippen molar-refractivity contribution < 1.29 is 5.11 Å². The van der Waals surface area contributed by atoms with Crippen molar-refractivity contribution >= 4 is 5.69 Å². The lowest BCUT2D eigenvalue weighted by atomic mass is 10.1. The average molecular weight is 265 g/mol. The molecule has 0 saturated heterocycles. The van der Waals surface area contributed by atoms with E-state index < -0.39 is 0 Å². The van der Waals surface area contributed by atoms with Crippen LogP contribution in [-0.2, 0) is 0 Å². The molecule has 0 aliphatic carbocycles. The van der Waals surface area contributed by atoms with Gasteiger partial charge < -0.3 is 15.3 Å². The van der Waals surface area contributed by atoms with Crippen molar-refractivity contribution in [1.29, 1.82) is 0 Å². The van der Waals surface area contributed by atoms with E-state index in [4.69, 9.17) is 5.11 Å². The highest BCUT2D eigenvalue weighted by Crippen LogP contribution is 2.18. The van der Waals surface area contributed by atoms with Crippen LogP contribution in [0.2, 0.25) is 0 Å². The lowest BCUT2D eigenvalue weighted by molar-refractivity contribution is 0.301. The maximum atomic E-state index is 9.14. The fourth-order valence-corrected chi connectivity index (χ4v) is 2.19. The van der Waals surface area contributed by atoms with Gasteiger partial charge in [0.15, 0.2) is 0 Å². The van der Waals surface area contributed by atoms with Gasteiger partial charge in [-0.15, -0.1) is 0 Å². The van der Waals surface area contributed by atoms with E-state index in [9.17, 15) is 0 Å². The average Bonchev–Trinajstić information content (AvgIpc) is 2.45. The molecule has 0 bridgehead atoms. The van der Waals surface area contributed by atoms with Crippen LogP contribution in [0.15, 0.2) is 18.3 Å². The molecule has 0 radical (unpaired) electrons. The van der Waals surface area contributed by atoms with Crippen molar-refractivity contribution in [2.45, 2.75) is 39.2 Å². The number of pyridine rings is 1. The maximum absolute atomic E-state index is 9.14. The van der Waals surface area contributed by atoms with Gasteiger partial charge in [0.25, 0.3) is 0 Å². The number of hydrogen-bond donors (Lipinski definition) is 2. The van der Waals surface area contributed by atoms with Crippen LogP contribution in [0.5, 0.6) is 0 Å². The van der Waals surface area contributed by atoms with Gasteiger partial charge in [0, 0.05) is 19.1 Å². The lowest BCUT2D eigenvalue weighted by Gasteiger charge is -2.24. The second-order valence-corrected chi connectivity index (χ2v) is 4.75. The monoisotopic (exact) mass is 265 g/mol. The Balaban J connectivity index is 2.76. The van der Waals surface area contributed by atoms with Crippen LogP contribution in [0.3, 0.4) is 0 Å². The number of hydrogen-bond acceptors (Lipinski definition) is 4. The van der Waals surface area contributed by atoms with Crippen LogP contribution < -0.4 is 10.2 Å². The summed E-state index contributed by atoms with van der Waals surface area (Å²) >= 11 is 0. The molecule has 1 heterocycles. The number of nitrogens with zero attached hydrogens (tertiary/aromatic N) is 2. The Labute approximate surface area is 116 Å². The van der Waals surface area contributed by atoms with Crippen molar-refractivity contribution in [2.24, 2.45) is 0 Å². The van der Waals surface area contributed by atoms with Crippen LogP contribution >= 0.6 is 0 Å². The fourth-order valence-electron chi connectivity index (χ4n) is 2.19. The molecule has 108 valence electrons. The van der Waals surface area contributed by atoms with Crippen LogP contribution in [0.25, 0.3) is 0 Å². The Morgan fingerprint density at radius 1 is 1.32 bits per heavy atom. The van der Waals surface area contributed by atoms with E-state index in [1.807, 2.05) is 13.2 Å². The molecule has 0 aromatic carbocycles. The number of anilines is 1. The molecule has 0 amide bonds. The van der Waals surface area contributed by atoms with E-state index >= 15 is 0 Å². The van der Waals surface area contributed by atoms with Gasteiger partial charge in [0.05, 0.1) is 24.2 Å².